The molecule has 0 aliphatic heterocycles. The number of benzene rings is 5. The minimum absolute atomic E-state index is 0.0807. The molecule has 0 atom stereocenters. The Hall–Kier alpha value is -3.58. The van der Waals surface area contributed by atoms with E-state index in [0.29, 0.717) is 0 Å². The Bertz CT molecular complexity index is 1510. The summed E-state index contributed by atoms with van der Waals surface area (Å²) in [6.07, 6.45) is 0. The summed E-state index contributed by atoms with van der Waals surface area (Å²) in [4.78, 5) is 2.25. The first-order chi connectivity index (χ1) is 15.5. The van der Waals surface area contributed by atoms with Crippen LogP contribution >= 0.6 is 0 Å². The minimum Gasteiger partial charge on any atom is -0.377 e. The molecule has 6 rings (SSSR count). The second-order valence-corrected chi connectivity index (χ2v) is 9.64. The third-order valence-electron chi connectivity index (χ3n) is 7.20. The maximum Gasteiger partial charge on any atom is 0.0447 e. The molecule has 1 aliphatic carbocycles. The fraction of sp³-hybridized carbons (Fsp3) is 0.161. The molecule has 0 radical (unpaired) electrons. The zero-order valence-corrected chi connectivity index (χ0v) is 19.1. The van der Waals surface area contributed by atoms with Crippen LogP contribution in [-0.2, 0) is 5.41 Å². The molecule has 1 aliphatic rings. The van der Waals surface area contributed by atoms with Crippen LogP contribution in [-0.4, -0.2) is 14.1 Å². The first kappa shape index (κ1) is 19.1. The Morgan fingerprint density at radius 2 is 1.16 bits per heavy atom. The lowest BCUT2D eigenvalue weighted by Crippen LogP contribution is -2.16. The van der Waals surface area contributed by atoms with Crippen molar-refractivity contribution in [3.8, 4) is 22.3 Å². The van der Waals surface area contributed by atoms with Crippen LogP contribution in [0.5, 0.6) is 0 Å². The molecule has 1 heteroatoms. The summed E-state index contributed by atoms with van der Waals surface area (Å²) < 4.78 is 0. The Morgan fingerprint density at radius 3 is 1.81 bits per heavy atom. The summed E-state index contributed by atoms with van der Waals surface area (Å²) in [5.74, 6) is 0. The lowest BCUT2D eigenvalue weighted by Gasteiger charge is -2.25. The average Bonchev–Trinajstić information content (AvgIpc) is 3.06. The average molecular weight is 414 g/mol. The van der Waals surface area contributed by atoms with Crippen molar-refractivity contribution in [2.45, 2.75) is 19.3 Å². The predicted molar refractivity (Wildman–Crippen MR) is 139 cm³/mol. The summed E-state index contributed by atoms with van der Waals surface area (Å²) in [6, 6.07) is 33.5. The van der Waals surface area contributed by atoms with Gasteiger partial charge in [0.15, 0.2) is 0 Å². The fourth-order valence-corrected chi connectivity index (χ4v) is 5.74. The molecule has 0 saturated heterocycles. The molecule has 1 nitrogen and oxygen atoms in total. The molecule has 5 aromatic carbocycles. The monoisotopic (exact) mass is 413 g/mol. The van der Waals surface area contributed by atoms with E-state index in [4.69, 9.17) is 0 Å². The van der Waals surface area contributed by atoms with Gasteiger partial charge in [-0.3, -0.25) is 0 Å². The molecule has 0 N–H and O–H groups in total. The van der Waals surface area contributed by atoms with Crippen molar-refractivity contribution >= 4 is 27.2 Å². The van der Waals surface area contributed by atoms with E-state index in [9.17, 15) is 0 Å². The van der Waals surface area contributed by atoms with E-state index >= 15 is 0 Å². The Labute approximate surface area is 189 Å². The van der Waals surface area contributed by atoms with Crippen LogP contribution in [0.4, 0.5) is 5.69 Å². The van der Waals surface area contributed by atoms with Crippen LogP contribution in [0.15, 0.2) is 91.0 Å². The first-order valence-corrected chi connectivity index (χ1v) is 11.3. The van der Waals surface area contributed by atoms with Gasteiger partial charge in [-0.05, 0) is 61.5 Å². The number of hydrogen-bond donors (Lipinski definition) is 0. The Balaban J connectivity index is 1.79. The van der Waals surface area contributed by atoms with Gasteiger partial charge in [-0.25, -0.2) is 0 Å². The van der Waals surface area contributed by atoms with Crippen molar-refractivity contribution in [1.82, 2.24) is 0 Å². The molecule has 0 amide bonds. The van der Waals surface area contributed by atoms with Gasteiger partial charge in [0.05, 0.1) is 0 Å². The standard InChI is InChI=1S/C31H27N/c1-31(2)27-18-25(20-12-6-5-7-13-20)28(32(3)4)19-26(27)29-23-16-10-8-14-21(23)22-15-9-11-17-24(22)30(29)31/h5-19H,1-4H3. The van der Waals surface area contributed by atoms with Gasteiger partial charge in [-0.1, -0.05) is 92.7 Å². The van der Waals surface area contributed by atoms with Crippen molar-refractivity contribution in [2.24, 2.45) is 0 Å². The molecule has 32 heavy (non-hydrogen) atoms. The van der Waals surface area contributed by atoms with Gasteiger partial charge in [-0.2, -0.15) is 0 Å². The molecular formula is C31H27N. The predicted octanol–water partition coefficient (Wildman–Crippen LogP) is 8.03. The highest BCUT2D eigenvalue weighted by molar-refractivity contribution is 6.18. The minimum atomic E-state index is -0.0807. The largest absolute Gasteiger partial charge is 0.377 e. The van der Waals surface area contributed by atoms with Gasteiger partial charge in [0.2, 0.25) is 0 Å². The topological polar surface area (TPSA) is 3.24 Å². The van der Waals surface area contributed by atoms with E-state index in [-0.39, 0.29) is 5.41 Å². The Morgan fingerprint density at radius 1 is 0.594 bits per heavy atom. The molecule has 5 aromatic rings. The summed E-state index contributed by atoms with van der Waals surface area (Å²) in [6.45, 7) is 4.78. The van der Waals surface area contributed by atoms with Gasteiger partial charge in [0, 0.05) is 30.8 Å². The molecule has 0 heterocycles. The highest BCUT2D eigenvalue weighted by Crippen LogP contribution is 2.56. The quantitative estimate of drug-likeness (QED) is 0.265. The van der Waals surface area contributed by atoms with Crippen molar-refractivity contribution in [1.29, 1.82) is 0 Å². The molecule has 0 bridgehead atoms. The van der Waals surface area contributed by atoms with Gasteiger partial charge < -0.3 is 4.90 Å². The smallest absolute Gasteiger partial charge is 0.0447 e. The third kappa shape index (κ3) is 2.51. The van der Waals surface area contributed by atoms with Gasteiger partial charge in [0.1, 0.15) is 0 Å². The van der Waals surface area contributed by atoms with E-state index in [1.165, 1.54) is 60.6 Å². The second kappa shape index (κ2) is 6.71. The van der Waals surface area contributed by atoms with Gasteiger partial charge >= 0.3 is 0 Å². The van der Waals surface area contributed by atoms with Crippen molar-refractivity contribution in [3.05, 3.63) is 102 Å². The Kier molecular flexibility index (Phi) is 4.01. The van der Waals surface area contributed by atoms with E-state index in [0.717, 1.165) is 0 Å². The lowest BCUT2D eigenvalue weighted by atomic mass is 9.78. The summed E-state index contributed by atoms with van der Waals surface area (Å²) in [7, 11) is 4.29. The fourth-order valence-electron chi connectivity index (χ4n) is 5.74. The van der Waals surface area contributed by atoms with Gasteiger partial charge in [0.25, 0.3) is 0 Å². The van der Waals surface area contributed by atoms with Crippen LogP contribution in [0.3, 0.4) is 0 Å². The number of fused-ring (bicyclic) bond motifs is 8. The van der Waals surface area contributed by atoms with Gasteiger partial charge in [-0.15, -0.1) is 0 Å². The van der Waals surface area contributed by atoms with E-state index in [1.54, 1.807) is 0 Å². The van der Waals surface area contributed by atoms with Crippen LogP contribution in [0, 0.1) is 0 Å². The zero-order valence-electron chi connectivity index (χ0n) is 19.1. The first-order valence-electron chi connectivity index (χ1n) is 11.3. The molecule has 0 fully saturated rings. The zero-order chi connectivity index (χ0) is 22.0. The maximum absolute atomic E-state index is 2.45. The van der Waals surface area contributed by atoms with Crippen LogP contribution in [0.1, 0.15) is 25.0 Å². The molecule has 0 unspecified atom stereocenters. The number of nitrogens with zero attached hydrogens (tertiary/aromatic N) is 1. The number of rotatable bonds is 2. The van der Waals surface area contributed by atoms with Crippen LogP contribution in [0.25, 0.3) is 43.8 Å². The molecule has 0 spiro atoms. The molecular weight excluding hydrogens is 386 g/mol. The summed E-state index contributed by atoms with van der Waals surface area (Å²) in [5, 5.41) is 5.41. The van der Waals surface area contributed by atoms with Crippen LogP contribution < -0.4 is 4.90 Å². The van der Waals surface area contributed by atoms with Crippen LogP contribution in [0.2, 0.25) is 0 Å². The highest BCUT2D eigenvalue weighted by atomic mass is 15.1. The molecule has 0 aromatic heterocycles. The van der Waals surface area contributed by atoms with Crippen molar-refractivity contribution < 1.29 is 0 Å². The summed E-state index contributed by atoms with van der Waals surface area (Å²) in [5.41, 5.74) is 9.38. The van der Waals surface area contributed by atoms with E-state index in [2.05, 4.69) is 124 Å². The van der Waals surface area contributed by atoms with Crippen molar-refractivity contribution in [2.75, 3.05) is 19.0 Å². The lowest BCUT2D eigenvalue weighted by molar-refractivity contribution is 0.667. The third-order valence-corrected chi connectivity index (χ3v) is 7.20. The molecule has 156 valence electrons. The normalized spacial score (nSPS) is 13.9. The SMILES string of the molecule is CN(C)c1cc2c(cc1-c1ccccc1)C(C)(C)c1c-2c2ccccc2c2ccccc12. The number of anilines is 1. The van der Waals surface area contributed by atoms with Crippen molar-refractivity contribution in [3.63, 3.8) is 0 Å². The summed E-state index contributed by atoms with van der Waals surface area (Å²) >= 11 is 0. The van der Waals surface area contributed by atoms with E-state index < -0.39 is 0 Å². The molecule has 0 saturated carbocycles. The number of hydrogen-bond acceptors (Lipinski definition) is 1. The maximum atomic E-state index is 2.45. The highest BCUT2D eigenvalue weighted by Gasteiger charge is 2.39. The second-order valence-electron chi connectivity index (χ2n) is 9.64. The van der Waals surface area contributed by atoms with E-state index in [1.807, 2.05) is 0 Å².